The predicted octanol–water partition coefficient (Wildman–Crippen LogP) is 6.31. The summed E-state index contributed by atoms with van der Waals surface area (Å²) in [7, 11) is 4.92. The molecule has 0 fully saturated rings. The highest BCUT2D eigenvalue weighted by molar-refractivity contribution is 5.91. The van der Waals surface area contributed by atoms with Gasteiger partial charge in [0.1, 0.15) is 5.75 Å². The summed E-state index contributed by atoms with van der Waals surface area (Å²) < 4.78 is 16.3. The smallest absolute Gasteiger partial charge is 0.223 e. The molecule has 3 aromatic rings. The number of fused-ring (bicyclic) bond motifs is 1. The van der Waals surface area contributed by atoms with Crippen molar-refractivity contribution in [1.82, 2.24) is 9.88 Å². The van der Waals surface area contributed by atoms with Crippen molar-refractivity contribution in [2.24, 2.45) is 5.41 Å². The molecule has 1 aromatic heterocycles. The number of ether oxygens (including phenoxy) is 3. The first kappa shape index (κ1) is 28.1. The molecular formula is C30H41N3O4. The van der Waals surface area contributed by atoms with E-state index in [9.17, 15) is 4.79 Å². The second-order valence-electron chi connectivity index (χ2n) is 10.7. The van der Waals surface area contributed by atoms with Gasteiger partial charge >= 0.3 is 0 Å². The zero-order chi connectivity index (χ0) is 27.0. The molecule has 0 aliphatic heterocycles. The minimum Gasteiger partial charge on any atom is -0.497 e. The van der Waals surface area contributed by atoms with E-state index in [1.165, 1.54) is 0 Å². The van der Waals surface area contributed by atoms with Crippen molar-refractivity contribution in [3.05, 3.63) is 54.2 Å². The summed E-state index contributed by atoms with van der Waals surface area (Å²) in [5, 5.41) is 4.63. The molecule has 1 N–H and O–H groups in total. The lowest BCUT2D eigenvalue weighted by Gasteiger charge is -2.28. The van der Waals surface area contributed by atoms with E-state index in [1.54, 1.807) is 27.5 Å². The molecule has 1 amide bonds. The minimum atomic E-state index is -0.0812. The van der Waals surface area contributed by atoms with Gasteiger partial charge in [-0.3, -0.25) is 9.78 Å². The van der Waals surface area contributed by atoms with Crippen LogP contribution >= 0.6 is 0 Å². The van der Waals surface area contributed by atoms with Crippen LogP contribution < -0.4 is 19.5 Å². The first-order valence-electron chi connectivity index (χ1n) is 12.8. The van der Waals surface area contributed by atoms with E-state index < -0.39 is 0 Å². The average Bonchev–Trinajstić information content (AvgIpc) is 2.86. The highest BCUT2D eigenvalue weighted by Gasteiger charge is 2.22. The third kappa shape index (κ3) is 8.00. The van der Waals surface area contributed by atoms with Crippen molar-refractivity contribution in [1.29, 1.82) is 0 Å². The summed E-state index contributed by atoms with van der Waals surface area (Å²) in [6.45, 7) is 9.64. The third-order valence-corrected chi connectivity index (χ3v) is 6.24. The quantitative estimate of drug-likeness (QED) is 0.310. The molecule has 0 radical (unpaired) electrons. The fraction of sp³-hybridized carbons (Fsp3) is 0.467. The van der Waals surface area contributed by atoms with Crippen molar-refractivity contribution < 1.29 is 19.0 Å². The fourth-order valence-corrected chi connectivity index (χ4v) is 4.38. The minimum absolute atomic E-state index is 0.0812. The van der Waals surface area contributed by atoms with Crippen molar-refractivity contribution >= 4 is 22.5 Å². The van der Waals surface area contributed by atoms with Gasteiger partial charge in [-0.15, -0.1) is 0 Å². The van der Waals surface area contributed by atoms with Crippen LogP contribution in [0.5, 0.6) is 17.2 Å². The average molecular weight is 508 g/mol. The highest BCUT2D eigenvalue weighted by Crippen LogP contribution is 2.30. The van der Waals surface area contributed by atoms with E-state index in [4.69, 9.17) is 14.2 Å². The van der Waals surface area contributed by atoms with Crippen LogP contribution in [0.25, 0.3) is 10.9 Å². The molecule has 37 heavy (non-hydrogen) atoms. The third-order valence-electron chi connectivity index (χ3n) is 6.24. The number of rotatable bonds is 12. The van der Waals surface area contributed by atoms with Crippen LogP contribution in [0.15, 0.2) is 48.7 Å². The van der Waals surface area contributed by atoms with E-state index in [0.29, 0.717) is 31.0 Å². The van der Waals surface area contributed by atoms with E-state index >= 15 is 0 Å². The van der Waals surface area contributed by atoms with Crippen molar-refractivity contribution in [3.63, 3.8) is 0 Å². The molecule has 2 aromatic carbocycles. The van der Waals surface area contributed by atoms with Crippen LogP contribution in [0.1, 0.15) is 52.5 Å². The van der Waals surface area contributed by atoms with Gasteiger partial charge in [0.25, 0.3) is 0 Å². The SMILES string of the molecule is COc1cc(NC(C)CCCN(Cc2ccc(OC)c(OC)c2)C(=O)CC(C)(C)C)c2ncccc2c1. The summed E-state index contributed by atoms with van der Waals surface area (Å²) in [4.78, 5) is 19.8. The molecule has 0 aliphatic rings. The van der Waals surface area contributed by atoms with Crippen LogP contribution in [0.2, 0.25) is 0 Å². The van der Waals surface area contributed by atoms with E-state index in [2.05, 4.69) is 38.0 Å². The lowest BCUT2D eigenvalue weighted by molar-refractivity contribution is -0.133. The molecule has 1 atom stereocenters. The molecule has 1 unspecified atom stereocenters. The number of benzene rings is 2. The van der Waals surface area contributed by atoms with Gasteiger partial charge in [0.05, 0.1) is 32.5 Å². The number of anilines is 1. The zero-order valence-electron chi connectivity index (χ0n) is 23.3. The number of carbonyl (C=O) groups excluding carboxylic acids is 1. The number of hydrogen-bond acceptors (Lipinski definition) is 6. The Balaban J connectivity index is 1.68. The Morgan fingerprint density at radius 2 is 1.78 bits per heavy atom. The number of methoxy groups -OCH3 is 3. The number of carbonyl (C=O) groups is 1. The van der Waals surface area contributed by atoms with Crippen molar-refractivity contribution in [2.75, 3.05) is 33.2 Å². The Hall–Kier alpha value is -3.48. The van der Waals surface area contributed by atoms with Crippen LogP contribution in [0.3, 0.4) is 0 Å². The maximum absolute atomic E-state index is 13.3. The molecule has 3 rings (SSSR count). The van der Waals surface area contributed by atoms with Gasteiger partial charge in [-0.05, 0) is 55.0 Å². The Bertz CT molecular complexity index is 1190. The fourth-order valence-electron chi connectivity index (χ4n) is 4.38. The maximum Gasteiger partial charge on any atom is 0.223 e. The summed E-state index contributed by atoms with van der Waals surface area (Å²) in [6, 6.07) is 14.0. The van der Waals surface area contributed by atoms with Crippen LogP contribution in [-0.2, 0) is 11.3 Å². The molecule has 200 valence electrons. The number of hydrogen-bond donors (Lipinski definition) is 1. The van der Waals surface area contributed by atoms with Gasteiger partial charge < -0.3 is 24.4 Å². The van der Waals surface area contributed by atoms with E-state index in [0.717, 1.165) is 40.7 Å². The molecule has 7 nitrogen and oxygen atoms in total. The number of pyridine rings is 1. The second-order valence-corrected chi connectivity index (χ2v) is 10.7. The largest absolute Gasteiger partial charge is 0.497 e. The first-order chi connectivity index (χ1) is 17.6. The Kier molecular flexibility index (Phi) is 9.61. The van der Waals surface area contributed by atoms with E-state index in [-0.39, 0.29) is 17.4 Å². The van der Waals surface area contributed by atoms with Crippen LogP contribution in [0.4, 0.5) is 5.69 Å². The monoisotopic (exact) mass is 507 g/mol. The molecule has 0 bridgehead atoms. The second kappa shape index (κ2) is 12.7. The van der Waals surface area contributed by atoms with Gasteiger partial charge in [0.15, 0.2) is 11.5 Å². The Morgan fingerprint density at radius 3 is 2.46 bits per heavy atom. The molecular weight excluding hydrogens is 466 g/mol. The molecule has 0 aliphatic carbocycles. The first-order valence-corrected chi connectivity index (χ1v) is 12.8. The number of nitrogens with one attached hydrogen (secondary N) is 1. The van der Waals surface area contributed by atoms with Crippen LogP contribution in [-0.4, -0.2) is 49.7 Å². The lowest BCUT2D eigenvalue weighted by atomic mass is 9.91. The zero-order valence-corrected chi connectivity index (χ0v) is 23.3. The predicted molar refractivity (Wildman–Crippen MR) is 150 cm³/mol. The van der Waals surface area contributed by atoms with Crippen LogP contribution in [0, 0.1) is 5.41 Å². The maximum atomic E-state index is 13.3. The molecule has 0 spiro atoms. The molecule has 0 saturated heterocycles. The van der Waals surface area contributed by atoms with E-state index in [1.807, 2.05) is 47.4 Å². The highest BCUT2D eigenvalue weighted by atomic mass is 16.5. The summed E-state index contributed by atoms with van der Waals surface area (Å²) in [5.41, 5.74) is 2.81. The van der Waals surface area contributed by atoms with Gasteiger partial charge in [0, 0.05) is 43.2 Å². The summed E-state index contributed by atoms with van der Waals surface area (Å²) in [5.74, 6) is 2.30. The summed E-state index contributed by atoms with van der Waals surface area (Å²) >= 11 is 0. The Labute approximate surface area is 221 Å². The van der Waals surface area contributed by atoms with Gasteiger partial charge in [-0.1, -0.05) is 32.9 Å². The molecule has 1 heterocycles. The number of aromatic nitrogens is 1. The molecule has 0 saturated carbocycles. The standard InChI is InChI=1S/C30H41N3O4/c1-21(32-25-18-24(35-5)17-23-11-8-14-31-29(23)25)10-9-15-33(28(34)19-30(2,3)4)20-22-12-13-26(36-6)27(16-22)37-7/h8,11-14,16-18,21,32H,9-10,15,19-20H2,1-7H3. The van der Waals surface area contributed by atoms with Crippen molar-refractivity contribution in [2.45, 2.75) is 59.5 Å². The lowest BCUT2D eigenvalue weighted by Crippen LogP contribution is -2.34. The van der Waals surface area contributed by atoms with Gasteiger partial charge in [0.2, 0.25) is 5.91 Å². The Morgan fingerprint density at radius 1 is 1.03 bits per heavy atom. The summed E-state index contributed by atoms with van der Waals surface area (Å²) in [6.07, 6.45) is 4.07. The number of amides is 1. The topological polar surface area (TPSA) is 72.9 Å². The number of nitrogens with zero attached hydrogens (tertiary/aromatic N) is 2. The van der Waals surface area contributed by atoms with Gasteiger partial charge in [-0.25, -0.2) is 0 Å². The van der Waals surface area contributed by atoms with Crippen molar-refractivity contribution in [3.8, 4) is 17.2 Å². The van der Waals surface area contributed by atoms with Gasteiger partial charge in [-0.2, -0.15) is 0 Å². The molecule has 7 heteroatoms. The normalized spacial score (nSPS) is 12.2.